The highest BCUT2D eigenvalue weighted by molar-refractivity contribution is 5.96. The molecule has 3 heteroatoms. The monoisotopic (exact) mass is 247 g/mol. The molecule has 1 aliphatic heterocycles. The standard InChI is InChI=1S/C15H21NO2/c1-11(2)18-14-5-3-13(4-6-14)15(17)9-12-7-8-16-10-12/h3-6,11-12,16H,7-10H2,1-2H3. The van der Waals surface area contributed by atoms with Crippen molar-refractivity contribution in [2.75, 3.05) is 13.1 Å². The first-order valence-electron chi connectivity index (χ1n) is 6.66. The number of hydrogen-bond acceptors (Lipinski definition) is 3. The third-order valence-corrected chi connectivity index (χ3v) is 3.18. The van der Waals surface area contributed by atoms with Gasteiger partial charge in [-0.1, -0.05) is 0 Å². The molecule has 1 aromatic rings. The normalized spacial score (nSPS) is 19.2. The third-order valence-electron chi connectivity index (χ3n) is 3.18. The first-order chi connectivity index (χ1) is 8.65. The summed E-state index contributed by atoms with van der Waals surface area (Å²) in [6.45, 7) is 6.00. The van der Waals surface area contributed by atoms with Gasteiger partial charge in [0.1, 0.15) is 5.75 Å². The maximum atomic E-state index is 12.1. The molecule has 0 aliphatic carbocycles. The smallest absolute Gasteiger partial charge is 0.163 e. The van der Waals surface area contributed by atoms with Crippen LogP contribution in [0.5, 0.6) is 5.75 Å². The molecule has 0 spiro atoms. The van der Waals surface area contributed by atoms with Crippen molar-refractivity contribution in [1.82, 2.24) is 5.32 Å². The molecule has 1 aliphatic rings. The number of rotatable bonds is 5. The van der Waals surface area contributed by atoms with Gasteiger partial charge in [0.05, 0.1) is 6.10 Å². The molecule has 98 valence electrons. The van der Waals surface area contributed by atoms with Gasteiger partial charge in [0.15, 0.2) is 5.78 Å². The number of carbonyl (C=O) groups excluding carboxylic acids is 1. The zero-order valence-electron chi connectivity index (χ0n) is 11.1. The van der Waals surface area contributed by atoms with E-state index in [1.54, 1.807) is 0 Å². The van der Waals surface area contributed by atoms with E-state index in [0.717, 1.165) is 30.8 Å². The molecule has 1 unspecified atom stereocenters. The van der Waals surface area contributed by atoms with E-state index in [9.17, 15) is 4.79 Å². The summed E-state index contributed by atoms with van der Waals surface area (Å²) in [5, 5.41) is 3.29. The Bertz CT molecular complexity index is 391. The number of ketones is 1. The van der Waals surface area contributed by atoms with Gasteiger partial charge >= 0.3 is 0 Å². The van der Waals surface area contributed by atoms with Crippen molar-refractivity contribution in [3.8, 4) is 5.75 Å². The Morgan fingerprint density at radius 2 is 2.11 bits per heavy atom. The molecule has 2 rings (SSSR count). The maximum absolute atomic E-state index is 12.1. The summed E-state index contributed by atoms with van der Waals surface area (Å²) in [6.07, 6.45) is 1.92. The Morgan fingerprint density at radius 1 is 1.39 bits per heavy atom. The minimum atomic E-state index is 0.163. The molecule has 1 N–H and O–H groups in total. The molecule has 3 nitrogen and oxygen atoms in total. The van der Waals surface area contributed by atoms with Gasteiger partial charge in [0, 0.05) is 12.0 Å². The zero-order chi connectivity index (χ0) is 13.0. The number of ether oxygens (including phenoxy) is 1. The van der Waals surface area contributed by atoms with Gasteiger partial charge in [0.2, 0.25) is 0 Å². The number of nitrogens with one attached hydrogen (secondary N) is 1. The third kappa shape index (κ3) is 3.57. The highest BCUT2D eigenvalue weighted by atomic mass is 16.5. The van der Waals surface area contributed by atoms with E-state index < -0.39 is 0 Å². The van der Waals surface area contributed by atoms with Crippen LogP contribution in [-0.4, -0.2) is 25.0 Å². The van der Waals surface area contributed by atoms with Crippen LogP contribution in [0.1, 0.15) is 37.0 Å². The zero-order valence-corrected chi connectivity index (χ0v) is 11.1. The Hall–Kier alpha value is -1.35. The van der Waals surface area contributed by atoms with E-state index in [4.69, 9.17) is 4.74 Å². The summed E-state index contributed by atoms with van der Waals surface area (Å²) in [7, 11) is 0. The second-order valence-corrected chi connectivity index (χ2v) is 5.18. The second kappa shape index (κ2) is 6.01. The van der Waals surface area contributed by atoms with Gasteiger partial charge in [-0.3, -0.25) is 4.79 Å². The highest BCUT2D eigenvalue weighted by Crippen LogP contribution is 2.19. The number of hydrogen-bond donors (Lipinski definition) is 1. The number of carbonyl (C=O) groups is 1. The van der Waals surface area contributed by atoms with Crippen LogP contribution in [0.3, 0.4) is 0 Å². The SMILES string of the molecule is CC(C)Oc1ccc(C(=O)CC2CCNC2)cc1. The Balaban J connectivity index is 1.93. The Morgan fingerprint density at radius 3 is 2.67 bits per heavy atom. The van der Waals surface area contributed by atoms with Crippen LogP contribution in [0.4, 0.5) is 0 Å². The Labute approximate surface area is 109 Å². The summed E-state index contributed by atoms with van der Waals surface area (Å²) in [4.78, 5) is 12.1. The van der Waals surface area contributed by atoms with Crippen LogP contribution in [0, 0.1) is 5.92 Å². The maximum Gasteiger partial charge on any atom is 0.163 e. The van der Waals surface area contributed by atoms with E-state index in [0.29, 0.717) is 12.3 Å². The van der Waals surface area contributed by atoms with Gasteiger partial charge in [-0.2, -0.15) is 0 Å². The molecule has 1 aromatic carbocycles. The van der Waals surface area contributed by atoms with Crippen LogP contribution < -0.4 is 10.1 Å². The summed E-state index contributed by atoms with van der Waals surface area (Å²) in [5.41, 5.74) is 0.790. The molecule has 1 heterocycles. The summed E-state index contributed by atoms with van der Waals surface area (Å²) in [6, 6.07) is 7.48. The lowest BCUT2D eigenvalue weighted by molar-refractivity contribution is 0.0964. The predicted octanol–water partition coefficient (Wildman–Crippen LogP) is 2.66. The first-order valence-corrected chi connectivity index (χ1v) is 6.66. The lowest BCUT2D eigenvalue weighted by Crippen LogP contribution is -2.13. The molecular weight excluding hydrogens is 226 g/mol. The fourth-order valence-corrected chi connectivity index (χ4v) is 2.26. The molecule has 0 bridgehead atoms. The fraction of sp³-hybridized carbons (Fsp3) is 0.533. The van der Waals surface area contributed by atoms with Crippen molar-refractivity contribution in [1.29, 1.82) is 0 Å². The van der Waals surface area contributed by atoms with Gasteiger partial charge in [-0.25, -0.2) is 0 Å². The highest BCUT2D eigenvalue weighted by Gasteiger charge is 2.18. The molecule has 18 heavy (non-hydrogen) atoms. The lowest BCUT2D eigenvalue weighted by Gasteiger charge is -2.10. The molecule has 1 atom stereocenters. The van der Waals surface area contributed by atoms with Crippen LogP contribution in [0.25, 0.3) is 0 Å². The van der Waals surface area contributed by atoms with Gasteiger partial charge in [0.25, 0.3) is 0 Å². The van der Waals surface area contributed by atoms with Crippen LogP contribution in [0.2, 0.25) is 0 Å². The van der Waals surface area contributed by atoms with Crippen molar-refractivity contribution in [3.05, 3.63) is 29.8 Å². The number of Topliss-reactive ketones (excluding diaryl/α,β-unsaturated/α-hetero) is 1. The lowest BCUT2D eigenvalue weighted by atomic mass is 9.98. The minimum Gasteiger partial charge on any atom is -0.491 e. The van der Waals surface area contributed by atoms with E-state index in [-0.39, 0.29) is 11.9 Å². The van der Waals surface area contributed by atoms with E-state index in [2.05, 4.69) is 5.32 Å². The quantitative estimate of drug-likeness (QED) is 0.813. The van der Waals surface area contributed by atoms with E-state index >= 15 is 0 Å². The summed E-state index contributed by atoms with van der Waals surface area (Å²) >= 11 is 0. The van der Waals surface area contributed by atoms with Crippen molar-refractivity contribution in [2.24, 2.45) is 5.92 Å². The molecule has 0 aromatic heterocycles. The average molecular weight is 247 g/mol. The van der Waals surface area contributed by atoms with Crippen LogP contribution >= 0.6 is 0 Å². The predicted molar refractivity (Wildman–Crippen MR) is 72.1 cm³/mol. The Kier molecular flexibility index (Phi) is 4.37. The van der Waals surface area contributed by atoms with Gasteiger partial charge in [-0.05, 0) is 63.5 Å². The molecule has 1 saturated heterocycles. The van der Waals surface area contributed by atoms with Crippen molar-refractivity contribution in [3.63, 3.8) is 0 Å². The summed E-state index contributed by atoms with van der Waals surface area (Å²) < 4.78 is 5.56. The van der Waals surface area contributed by atoms with Crippen molar-refractivity contribution < 1.29 is 9.53 Å². The van der Waals surface area contributed by atoms with Gasteiger partial charge in [-0.15, -0.1) is 0 Å². The average Bonchev–Trinajstić information content (AvgIpc) is 2.82. The fourth-order valence-electron chi connectivity index (χ4n) is 2.26. The second-order valence-electron chi connectivity index (χ2n) is 5.18. The molecular formula is C15H21NO2. The largest absolute Gasteiger partial charge is 0.491 e. The van der Waals surface area contributed by atoms with Gasteiger partial charge < -0.3 is 10.1 Å². The first kappa shape index (κ1) is 13.1. The molecule has 0 amide bonds. The topological polar surface area (TPSA) is 38.3 Å². The van der Waals surface area contributed by atoms with Crippen molar-refractivity contribution >= 4 is 5.78 Å². The minimum absolute atomic E-state index is 0.163. The molecule has 0 radical (unpaired) electrons. The molecule has 1 fully saturated rings. The van der Waals surface area contributed by atoms with E-state index in [1.165, 1.54) is 0 Å². The van der Waals surface area contributed by atoms with Crippen LogP contribution in [-0.2, 0) is 0 Å². The van der Waals surface area contributed by atoms with E-state index in [1.807, 2.05) is 38.1 Å². The van der Waals surface area contributed by atoms with Crippen molar-refractivity contribution in [2.45, 2.75) is 32.8 Å². The molecule has 0 saturated carbocycles. The summed E-state index contributed by atoms with van der Waals surface area (Å²) in [5.74, 6) is 1.56. The number of benzene rings is 1. The van der Waals surface area contributed by atoms with Crippen LogP contribution in [0.15, 0.2) is 24.3 Å².